The summed E-state index contributed by atoms with van der Waals surface area (Å²) >= 11 is 0. The molecule has 1 aromatic heterocycles. The third kappa shape index (κ3) is 3.86. The van der Waals surface area contributed by atoms with Gasteiger partial charge in [0.05, 0.1) is 30.5 Å². The fourth-order valence-electron chi connectivity index (χ4n) is 1.80. The molecule has 1 heterocycles. The van der Waals surface area contributed by atoms with Crippen molar-refractivity contribution >= 4 is 21.6 Å². The molecule has 0 fully saturated rings. The van der Waals surface area contributed by atoms with Crippen molar-refractivity contribution in [3.63, 3.8) is 0 Å². The first-order valence-corrected chi connectivity index (χ1v) is 7.88. The summed E-state index contributed by atoms with van der Waals surface area (Å²) in [4.78, 5) is 11.2. The van der Waals surface area contributed by atoms with Gasteiger partial charge in [-0.2, -0.15) is 0 Å². The van der Waals surface area contributed by atoms with E-state index in [4.69, 9.17) is 9.15 Å². The Hall–Kier alpha value is -2.32. The van der Waals surface area contributed by atoms with Gasteiger partial charge < -0.3 is 14.5 Å². The molecule has 7 nitrogen and oxygen atoms in total. The van der Waals surface area contributed by atoms with Crippen molar-refractivity contribution in [1.82, 2.24) is 4.72 Å². The van der Waals surface area contributed by atoms with Crippen molar-refractivity contribution in [2.24, 2.45) is 0 Å². The maximum atomic E-state index is 12.3. The van der Waals surface area contributed by atoms with E-state index < -0.39 is 10.0 Å². The van der Waals surface area contributed by atoms with Gasteiger partial charge in [0.2, 0.25) is 15.9 Å². The Bertz CT molecular complexity index is 754. The standard InChI is InChI=1S/C14H16N2O5S/c1-10(17)16-13-8-12(5-6-14(13)20-2)22(18,19)15-9-11-4-3-7-21-11/h3-8,15H,9H2,1-2H3,(H,16,17). The number of hydrogen-bond donors (Lipinski definition) is 2. The molecule has 0 atom stereocenters. The SMILES string of the molecule is COc1ccc(S(=O)(=O)NCc2ccco2)cc1NC(C)=O. The second-order valence-electron chi connectivity index (χ2n) is 4.45. The Balaban J connectivity index is 2.24. The summed E-state index contributed by atoms with van der Waals surface area (Å²) in [5.41, 5.74) is 0.288. The zero-order valence-corrected chi connectivity index (χ0v) is 12.9. The molecule has 8 heteroatoms. The highest BCUT2D eigenvalue weighted by Gasteiger charge is 2.17. The number of carbonyl (C=O) groups is 1. The molecule has 0 aliphatic rings. The van der Waals surface area contributed by atoms with Crippen LogP contribution >= 0.6 is 0 Å². The average Bonchev–Trinajstić information content (AvgIpc) is 2.98. The predicted octanol–water partition coefficient (Wildman–Crippen LogP) is 1.73. The number of furan rings is 1. The Kier molecular flexibility index (Phi) is 4.84. The third-order valence-corrected chi connectivity index (χ3v) is 4.21. The molecule has 0 saturated heterocycles. The largest absolute Gasteiger partial charge is 0.495 e. The minimum absolute atomic E-state index is 0.0172. The van der Waals surface area contributed by atoms with Gasteiger partial charge in [0.15, 0.2) is 0 Å². The van der Waals surface area contributed by atoms with Crippen LogP contribution in [-0.2, 0) is 21.4 Å². The molecule has 1 aromatic carbocycles. The van der Waals surface area contributed by atoms with Crippen molar-refractivity contribution in [2.75, 3.05) is 12.4 Å². The lowest BCUT2D eigenvalue weighted by molar-refractivity contribution is -0.114. The molecular formula is C14H16N2O5S. The number of benzene rings is 1. The summed E-state index contributed by atoms with van der Waals surface area (Å²) in [7, 11) is -2.30. The van der Waals surface area contributed by atoms with E-state index >= 15 is 0 Å². The molecular weight excluding hydrogens is 308 g/mol. The van der Waals surface area contributed by atoms with Crippen LogP contribution in [0.1, 0.15) is 12.7 Å². The van der Waals surface area contributed by atoms with Crippen LogP contribution in [0.3, 0.4) is 0 Å². The van der Waals surface area contributed by atoms with Gasteiger partial charge in [-0.25, -0.2) is 13.1 Å². The Morgan fingerprint density at radius 1 is 1.32 bits per heavy atom. The van der Waals surface area contributed by atoms with E-state index in [0.717, 1.165) is 0 Å². The lowest BCUT2D eigenvalue weighted by Gasteiger charge is -2.11. The van der Waals surface area contributed by atoms with Gasteiger partial charge in [-0.3, -0.25) is 4.79 Å². The fraction of sp³-hybridized carbons (Fsp3) is 0.214. The monoisotopic (exact) mass is 324 g/mol. The molecule has 0 aliphatic heterocycles. The van der Waals surface area contributed by atoms with Crippen LogP contribution < -0.4 is 14.8 Å². The van der Waals surface area contributed by atoms with Crippen LogP contribution in [0.15, 0.2) is 45.9 Å². The molecule has 0 spiro atoms. The summed E-state index contributed by atoms with van der Waals surface area (Å²) in [5.74, 6) is 0.552. The maximum absolute atomic E-state index is 12.3. The quantitative estimate of drug-likeness (QED) is 0.843. The van der Waals surface area contributed by atoms with Gasteiger partial charge in [-0.05, 0) is 30.3 Å². The number of carbonyl (C=O) groups excluding carboxylic acids is 1. The number of methoxy groups -OCH3 is 1. The Morgan fingerprint density at radius 3 is 2.68 bits per heavy atom. The number of ether oxygens (including phenoxy) is 1. The summed E-state index contributed by atoms with van der Waals surface area (Å²) in [6.45, 7) is 1.37. The highest BCUT2D eigenvalue weighted by atomic mass is 32.2. The van der Waals surface area contributed by atoms with Gasteiger partial charge in [-0.15, -0.1) is 0 Å². The van der Waals surface area contributed by atoms with Crippen LogP contribution in [0.4, 0.5) is 5.69 Å². The topological polar surface area (TPSA) is 97.6 Å². The fourth-order valence-corrected chi connectivity index (χ4v) is 2.82. The zero-order valence-electron chi connectivity index (χ0n) is 12.1. The molecule has 2 N–H and O–H groups in total. The number of amides is 1. The van der Waals surface area contributed by atoms with Crippen molar-refractivity contribution in [2.45, 2.75) is 18.4 Å². The molecule has 22 heavy (non-hydrogen) atoms. The maximum Gasteiger partial charge on any atom is 0.241 e. The van der Waals surface area contributed by atoms with E-state index in [1.807, 2.05) is 0 Å². The van der Waals surface area contributed by atoms with E-state index in [-0.39, 0.29) is 23.0 Å². The van der Waals surface area contributed by atoms with E-state index in [1.165, 1.54) is 38.5 Å². The number of sulfonamides is 1. The number of anilines is 1. The number of nitrogens with one attached hydrogen (secondary N) is 2. The Labute approximate surface area is 128 Å². The first kappa shape index (κ1) is 16.1. The highest BCUT2D eigenvalue weighted by molar-refractivity contribution is 7.89. The molecule has 0 bridgehead atoms. The minimum atomic E-state index is -3.74. The van der Waals surface area contributed by atoms with E-state index in [2.05, 4.69) is 10.0 Å². The smallest absolute Gasteiger partial charge is 0.241 e. The molecule has 2 rings (SSSR count). The average molecular weight is 324 g/mol. The van der Waals surface area contributed by atoms with Crippen LogP contribution in [-0.4, -0.2) is 21.4 Å². The van der Waals surface area contributed by atoms with Crippen LogP contribution in [0.2, 0.25) is 0 Å². The van der Waals surface area contributed by atoms with Crippen LogP contribution in [0, 0.1) is 0 Å². The zero-order chi connectivity index (χ0) is 16.2. The summed E-state index contributed by atoms with van der Waals surface area (Å²) < 4.78 is 37.1. The lowest BCUT2D eigenvalue weighted by Crippen LogP contribution is -2.23. The highest BCUT2D eigenvalue weighted by Crippen LogP contribution is 2.27. The molecule has 0 aliphatic carbocycles. The van der Waals surface area contributed by atoms with Gasteiger partial charge >= 0.3 is 0 Å². The van der Waals surface area contributed by atoms with Crippen molar-refractivity contribution in [3.05, 3.63) is 42.4 Å². The molecule has 0 saturated carbocycles. The van der Waals surface area contributed by atoms with Gasteiger partial charge in [0.1, 0.15) is 11.5 Å². The van der Waals surface area contributed by atoms with Crippen LogP contribution in [0.25, 0.3) is 0 Å². The minimum Gasteiger partial charge on any atom is -0.495 e. The summed E-state index contributed by atoms with van der Waals surface area (Å²) in [6.07, 6.45) is 1.46. The summed E-state index contributed by atoms with van der Waals surface area (Å²) in [5, 5.41) is 2.53. The number of rotatable bonds is 6. The second-order valence-corrected chi connectivity index (χ2v) is 6.21. The second kappa shape index (κ2) is 6.63. The van der Waals surface area contributed by atoms with Gasteiger partial charge in [0, 0.05) is 6.92 Å². The number of hydrogen-bond acceptors (Lipinski definition) is 5. The van der Waals surface area contributed by atoms with E-state index in [9.17, 15) is 13.2 Å². The van der Waals surface area contributed by atoms with Crippen LogP contribution in [0.5, 0.6) is 5.75 Å². The molecule has 2 aromatic rings. The Morgan fingerprint density at radius 2 is 2.09 bits per heavy atom. The predicted molar refractivity (Wildman–Crippen MR) is 80.0 cm³/mol. The van der Waals surface area contributed by atoms with Gasteiger partial charge in [0.25, 0.3) is 0 Å². The molecule has 1 amide bonds. The van der Waals surface area contributed by atoms with Gasteiger partial charge in [-0.1, -0.05) is 0 Å². The molecule has 0 radical (unpaired) electrons. The molecule has 0 unspecified atom stereocenters. The van der Waals surface area contributed by atoms with Crippen molar-refractivity contribution < 1.29 is 22.4 Å². The normalized spacial score (nSPS) is 11.2. The third-order valence-electron chi connectivity index (χ3n) is 2.81. The van der Waals surface area contributed by atoms with Crippen molar-refractivity contribution in [3.8, 4) is 5.75 Å². The first-order chi connectivity index (χ1) is 10.4. The first-order valence-electron chi connectivity index (χ1n) is 6.40. The summed E-state index contributed by atoms with van der Waals surface area (Å²) in [6, 6.07) is 7.55. The molecule has 118 valence electrons. The van der Waals surface area contributed by atoms with E-state index in [0.29, 0.717) is 11.5 Å². The lowest BCUT2D eigenvalue weighted by atomic mass is 10.3. The van der Waals surface area contributed by atoms with Crippen molar-refractivity contribution in [1.29, 1.82) is 0 Å². The van der Waals surface area contributed by atoms with E-state index in [1.54, 1.807) is 12.1 Å².